The van der Waals surface area contributed by atoms with Crippen molar-refractivity contribution >= 4 is 23.4 Å². The second-order valence-corrected chi connectivity index (χ2v) is 4.54. The highest BCUT2D eigenvalue weighted by Gasteiger charge is 2.14. The molecule has 0 aliphatic rings. The lowest BCUT2D eigenvalue weighted by atomic mass is 10.2. The molecule has 0 unspecified atom stereocenters. The van der Waals surface area contributed by atoms with Gasteiger partial charge in [0.25, 0.3) is 5.91 Å². The Bertz CT molecular complexity index is 667. The van der Waals surface area contributed by atoms with Crippen LogP contribution in [0.1, 0.15) is 12.5 Å². The normalized spacial score (nSPS) is 10.8. The van der Waals surface area contributed by atoms with Crippen LogP contribution < -0.4 is 10.6 Å². The van der Waals surface area contributed by atoms with Gasteiger partial charge < -0.3 is 10.6 Å². The number of para-hydroxylation sites is 1. The number of amides is 1. The fraction of sp³-hybridized carbons (Fsp3) is 0.118. The van der Waals surface area contributed by atoms with E-state index >= 15 is 0 Å². The summed E-state index contributed by atoms with van der Waals surface area (Å²) in [6.45, 7) is 2.19. The van der Waals surface area contributed by atoms with Crippen LogP contribution >= 0.6 is 0 Å². The Hall–Kier alpha value is -2.62. The molecule has 0 spiro atoms. The van der Waals surface area contributed by atoms with E-state index in [-0.39, 0.29) is 11.6 Å². The maximum Gasteiger partial charge on any atom is 0.251 e. The van der Waals surface area contributed by atoms with Crippen molar-refractivity contribution in [1.29, 1.82) is 0 Å². The van der Waals surface area contributed by atoms with Gasteiger partial charge in [-0.2, -0.15) is 0 Å². The molecule has 0 fully saturated rings. The average Bonchev–Trinajstić information content (AvgIpc) is 2.48. The Kier molecular flexibility index (Phi) is 4.72. The highest BCUT2D eigenvalue weighted by atomic mass is 19.1. The van der Waals surface area contributed by atoms with Crippen LogP contribution in [0.3, 0.4) is 0 Å². The number of benzene rings is 2. The van der Waals surface area contributed by atoms with Crippen LogP contribution in [-0.2, 0) is 4.79 Å². The molecule has 21 heavy (non-hydrogen) atoms. The molecular weight excluding hydrogens is 267 g/mol. The van der Waals surface area contributed by atoms with Gasteiger partial charge in [0.15, 0.2) is 0 Å². The molecule has 2 aromatic rings. The average molecular weight is 284 g/mol. The maximum absolute atomic E-state index is 13.8. The van der Waals surface area contributed by atoms with Crippen LogP contribution in [0.2, 0.25) is 0 Å². The fourth-order valence-corrected chi connectivity index (χ4v) is 2.04. The van der Waals surface area contributed by atoms with Gasteiger partial charge in [0, 0.05) is 18.3 Å². The third-order valence-corrected chi connectivity index (χ3v) is 3.05. The first-order valence-electron chi connectivity index (χ1n) is 6.71. The van der Waals surface area contributed by atoms with E-state index in [0.717, 1.165) is 5.56 Å². The molecule has 2 aromatic carbocycles. The first-order chi connectivity index (χ1) is 10.1. The molecule has 1 amide bonds. The Labute approximate surface area is 123 Å². The zero-order chi connectivity index (χ0) is 15.2. The molecule has 0 bridgehead atoms. The Morgan fingerprint density at radius 2 is 2.00 bits per heavy atom. The van der Waals surface area contributed by atoms with E-state index in [2.05, 4.69) is 0 Å². The molecule has 108 valence electrons. The number of rotatable bonds is 4. The van der Waals surface area contributed by atoms with Gasteiger partial charge in [-0.3, -0.25) is 4.79 Å². The zero-order valence-electron chi connectivity index (χ0n) is 11.8. The molecule has 0 aliphatic carbocycles. The van der Waals surface area contributed by atoms with Crippen molar-refractivity contribution in [3.8, 4) is 0 Å². The molecule has 4 heteroatoms. The molecule has 2 N–H and O–H groups in total. The van der Waals surface area contributed by atoms with Gasteiger partial charge in [0.1, 0.15) is 5.82 Å². The highest BCUT2D eigenvalue weighted by Crippen LogP contribution is 2.19. The second kappa shape index (κ2) is 6.70. The molecule has 2 rings (SSSR count). The van der Waals surface area contributed by atoms with E-state index in [1.807, 2.05) is 12.1 Å². The minimum atomic E-state index is -0.412. The number of likely N-dealkylation sites (N-methyl/N-ethyl adjacent to an activating group) is 1. The van der Waals surface area contributed by atoms with Gasteiger partial charge in [-0.25, -0.2) is 4.39 Å². The lowest BCUT2D eigenvalue weighted by Crippen LogP contribution is -2.29. The van der Waals surface area contributed by atoms with Gasteiger partial charge in [-0.1, -0.05) is 24.3 Å². The molecular formula is C17H17FN2O. The van der Waals surface area contributed by atoms with E-state index in [1.54, 1.807) is 43.3 Å². The number of hydrogen-bond donors (Lipinski definition) is 1. The first-order valence-corrected chi connectivity index (χ1v) is 6.71. The third kappa shape index (κ3) is 3.69. The molecule has 0 saturated carbocycles. The number of anilines is 2. The second-order valence-electron chi connectivity index (χ2n) is 4.54. The number of nitrogens with two attached hydrogens (primary N) is 1. The summed E-state index contributed by atoms with van der Waals surface area (Å²) in [4.78, 5) is 13.6. The summed E-state index contributed by atoms with van der Waals surface area (Å²) in [7, 11) is 0. The number of nitrogens with zero attached hydrogens (tertiary/aromatic N) is 1. The summed E-state index contributed by atoms with van der Waals surface area (Å²) in [5.74, 6) is -0.685. The van der Waals surface area contributed by atoms with Crippen molar-refractivity contribution in [2.45, 2.75) is 6.92 Å². The summed E-state index contributed by atoms with van der Waals surface area (Å²) in [5.41, 5.74) is 7.42. The smallest absolute Gasteiger partial charge is 0.251 e. The van der Waals surface area contributed by atoms with Crippen molar-refractivity contribution in [1.82, 2.24) is 0 Å². The lowest BCUT2D eigenvalue weighted by molar-refractivity contribution is -0.114. The molecule has 0 heterocycles. The van der Waals surface area contributed by atoms with Gasteiger partial charge in [-0.15, -0.1) is 0 Å². The minimum absolute atomic E-state index is 0.273. The molecule has 0 atom stereocenters. The third-order valence-electron chi connectivity index (χ3n) is 3.05. The van der Waals surface area contributed by atoms with Crippen LogP contribution in [0.25, 0.3) is 6.08 Å². The predicted molar refractivity (Wildman–Crippen MR) is 84.3 cm³/mol. The zero-order valence-corrected chi connectivity index (χ0v) is 11.8. The summed E-state index contributed by atoms with van der Waals surface area (Å²) in [6.07, 6.45) is 3.09. The lowest BCUT2D eigenvalue weighted by Gasteiger charge is -2.19. The fourth-order valence-electron chi connectivity index (χ4n) is 2.04. The Balaban J connectivity index is 2.20. The monoisotopic (exact) mass is 284 g/mol. The van der Waals surface area contributed by atoms with E-state index in [9.17, 15) is 9.18 Å². The quantitative estimate of drug-likeness (QED) is 0.690. The van der Waals surface area contributed by atoms with E-state index in [4.69, 9.17) is 5.73 Å². The van der Waals surface area contributed by atoms with Crippen LogP contribution in [-0.4, -0.2) is 12.5 Å². The van der Waals surface area contributed by atoms with Crippen LogP contribution in [0.4, 0.5) is 15.8 Å². The number of hydrogen-bond acceptors (Lipinski definition) is 2. The molecule has 0 saturated heterocycles. The minimum Gasteiger partial charge on any atom is -0.399 e. The van der Waals surface area contributed by atoms with Crippen LogP contribution in [0, 0.1) is 5.82 Å². The Morgan fingerprint density at radius 3 is 2.67 bits per heavy atom. The first kappa shape index (κ1) is 14.8. The van der Waals surface area contributed by atoms with Crippen molar-refractivity contribution in [3.05, 3.63) is 66.0 Å². The molecule has 0 radical (unpaired) electrons. The standard InChI is InChI=1S/C17H17FN2O/c1-2-20(16-9-4-3-8-15(16)18)17(21)11-10-13-6-5-7-14(19)12-13/h3-12H,2,19H2,1H3/b11-10+. The van der Waals surface area contributed by atoms with Crippen molar-refractivity contribution in [3.63, 3.8) is 0 Å². The predicted octanol–water partition coefficient (Wildman–Crippen LogP) is 3.47. The van der Waals surface area contributed by atoms with Gasteiger partial charge in [-0.05, 0) is 42.8 Å². The van der Waals surface area contributed by atoms with Crippen molar-refractivity contribution < 1.29 is 9.18 Å². The van der Waals surface area contributed by atoms with Gasteiger partial charge in [0.2, 0.25) is 0 Å². The van der Waals surface area contributed by atoms with Gasteiger partial charge in [0.05, 0.1) is 5.69 Å². The van der Waals surface area contributed by atoms with E-state index in [0.29, 0.717) is 12.2 Å². The van der Waals surface area contributed by atoms with Crippen molar-refractivity contribution in [2.75, 3.05) is 17.2 Å². The summed E-state index contributed by atoms with van der Waals surface area (Å²) in [6, 6.07) is 13.4. The maximum atomic E-state index is 13.8. The molecule has 0 aliphatic heterocycles. The number of nitrogen functional groups attached to an aromatic ring is 1. The molecule has 3 nitrogen and oxygen atoms in total. The number of halogens is 1. The highest BCUT2D eigenvalue weighted by molar-refractivity contribution is 6.03. The summed E-state index contributed by atoms with van der Waals surface area (Å²) in [5, 5.41) is 0. The van der Waals surface area contributed by atoms with E-state index < -0.39 is 5.82 Å². The topological polar surface area (TPSA) is 46.3 Å². The summed E-state index contributed by atoms with van der Waals surface area (Å²) < 4.78 is 13.8. The van der Waals surface area contributed by atoms with Crippen LogP contribution in [0.5, 0.6) is 0 Å². The van der Waals surface area contributed by atoms with Gasteiger partial charge >= 0.3 is 0 Å². The van der Waals surface area contributed by atoms with Crippen molar-refractivity contribution in [2.24, 2.45) is 0 Å². The molecule has 0 aromatic heterocycles. The number of carbonyl (C=O) groups is 1. The Morgan fingerprint density at radius 1 is 1.24 bits per heavy atom. The van der Waals surface area contributed by atoms with Crippen LogP contribution in [0.15, 0.2) is 54.6 Å². The SMILES string of the molecule is CCN(C(=O)/C=C/c1cccc(N)c1)c1ccccc1F. The van der Waals surface area contributed by atoms with E-state index in [1.165, 1.54) is 17.0 Å². The summed E-state index contributed by atoms with van der Waals surface area (Å²) >= 11 is 0. The largest absolute Gasteiger partial charge is 0.399 e. The number of carbonyl (C=O) groups excluding carboxylic acids is 1.